The first-order chi connectivity index (χ1) is 13.7. The van der Waals surface area contributed by atoms with Crippen molar-refractivity contribution in [1.29, 1.82) is 0 Å². The molecule has 0 heterocycles. The van der Waals surface area contributed by atoms with Crippen LogP contribution in [0.2, 0.25) is 0 Å². The lowest BCUT2D eigenvalue weighted by Crippen LogP contribution is -1.92. The highest BCUT2D eigenvalue weighted by molar-refractivity contribution is 5.89. The van der Waals surface area contributed by atoms with Crippen molar-refractivity contribution >= 4 is 33.5 Å². The van der Waals surface area contributed by atoms with Gasteiger partial charge in [0.25, 0.3) is 0 Å². The fourth-order valence-corrected chi connectivity index (χ4v) is 3.08. The summed E-state index contributed by atoms with van der Waals surface area (Å²) in [5.74, 6) is 1.69. The van der Waals surface area contributed by atoms with Gasteiger partial charge < -0.3 is 20.1 Å². The first kappa shape index (κ1) is 17.7. The molecule has 0 aliphatic carbocycles. The van der Waals surface area contributed by atoms with Crippen molar-refractivity contribution in [3.63, 3.8) is 0 Å². The molecule has 0 saturated carbocycles. The van der Waals surface area contributed by atoms with E-state index in [-0.39, 0.29) is 0 Å². The van der Waals surface area contributed by atoms with E-state index in [2.05, 4.69) is 47.0 Å². The molecule has 4 aromatic carbocycles. The molecule has 4 aromatic rings. The minimum absolute atomic E-state index is 0.846. The van der Waals surface area contributed by atoms with E-state index in [1.165, 1.54) is 5.39 Å². The first-order valence-corrected chi connectivity index (χ1v) is 9.09. The number of ether oxygens (including phenoxy) is 2. The van der Waals surface area contributed by atoms with Gasteiger partial charge in [0, 0.05) is 22.7 Å². The molecular weight excluding hydrogens is 348 g/mol. The van der Waals surface area contributed by atoms with E-state index in [0.29, 0.717) is 0 Å². The van der Waals surface area contributed by atoms with Gasteiger partial charge in [-0.3, -0.25) is 0 Å². The molecule has 0 aliphatic heterocycles. The van der Waals surface area contributed by atoms with Crippen molar-refractivity contribution in [2.24, 2.45) is 0 Å². The third-order valence-electron chi connectivity index (χ3n) is 4.60. The molecule has 0 saturated heterocycles. The molecule has 0 atom stereocenters. The van der Waals surface area contributed by atoms with Crippen LogP contribution in [0.25, 0.3) is 10.8 Å². The summed E-state index contributed by atoms with van der Waals surface area (Å²) in [6.07, 6.45) is 0. The molecule has 0 radical (unpaired) electrons. The van der Waals surface area contributed by atoms with E-state index >= 15 is 0 Å². The molecule has 4 nitrogen and oxygen atoms in total. The SMILES string of the molecule is COc1ccc(Nc2ccc3ccc(Nc4ccc(OC)cc4)cc3c2)cc1. The molecular formula is C24H22N2O2. The van der Waals surface area contributed by atoms with E-state index in [0.717, 1.165) is 39.6 Å². The Morgan fingerprint density at radius 3 is 1.25 bits per heavy atom. The third-order valence-corrected chi connectivity index (χ3v) is 4.60. The van der Waals surface area contributed by atoms with Crippen LogP contribution >= 0.6 is 0 Å². The highest BCUT2D eigenvalue weighted by Crippen LogP contribution is 2.27. The van der Waals surface area contributed by atoms with E-state index < -0.39 is 0 Å². The summed E-state index contributed by atoms with van der Waals surface area (Å²) in [6.45, 7) is 0. The maximum Gasteiger partial charge on any atom is 0.119 e. The molecule has 140 valence electrons. The predicted molar refractivity (Wildman–Crippen MR) is 117 cm³/mol. The molecule has 28 heavy (non-hydrogen) atoms. The summed E-state index contributed by atoms with van der Waals surface area (Å²) in [6, 6.07) is 28.5. The lowest BCUT2D eigenvalue weighted by atomic mass is 10.1. The van der Waals surface area contributed by atoms with Crippen LogP contribution in [0, 0.1) is 0 Å². The van der Waals surface area contributed by atoms with Crippen LogP contribution in [0.1, 0.15) is 0 Å². The summed E-state index contributed by atoms with van der Waals surface area (Å²) < 4.78 is 10.4. The lowest BCUT2D eigenvalue weighted by Gasteiger charge is -2.11. The van der Waals surface area contributed by atoms with Gasteiger partial charge in [-0.25, -0.2) is 0 Å². The van der Waals surface area contributed by atoms with Crippen molar-refractivity contribution in [3.05, 3.63) is 84.9 Å². The summed E-state index contributed by atoms with van der Waals surface area (Å²) in [7, 11) is 3.34. The van der Waals surface area contributed by atoms with Crippen LogP contribution in [0.3, 0.4) is 0 Å². The molecule has 0 bridgehead atoms. The first-order valence-electron chi connectivity index (χ1n) is 9.09. The van der Waals surface area contributed by atoms with E-state index in [1.807, 2.05) is 48.5 Å². The minimum Gasteiger partial charge on any atom is -0.497 e. The number of hydrogen-bond donors (Lipinski definition) is 2. The Morgan fingerprint density at radius 2 is 0.857 bits per heavy atom. The summed E-state index contributed by atoms with van der Waals surface area (Å²) in [5, 5.41) is 9.24. The van der Waals surface area contributed by atoms with Crippen LogP contribution in [-0.4, -0.2) is 14.2 Å². The lowest BCUT2D eigenvalue weighted by molar-refractivity contribution is 0.415. The fourth-order valence-electron chi connectivity index (χ4n) is 3.08. The van der Waals surface area contributed by atoms with Gasteiger partial charge in [0.15, 0.2) is 0 Å². The molecule has 4 heteroatoms. The second-order valence-corrected chi connectivity index (χ2v) is 6.48. The monoisotopic (exact) mass is 370 g/mol. The van der Waals surface area contributed by atoms with Crippen molar-refractivity contribution in [2.75, 3.05) is 24.9 Å². The van der Waals surface area contributed by atoms with Crippen molar-refractivity contribution < 1.29 is 9.47 Å². The van der Waals surface area contributed by atoms with E-state index in [1.54, 1.807) is 14.2 Å². The zero-order chi connectivity index (χ0) is 19.3. The number of hydrogen-bond acceptors (Lipinski definition) is 4. The normalized spacial score (nSPS) is 10.5. The van der Waals surface area contributed by atoms with Crippen LogP contribution in [0.15, 0.2) is 84.9 Å². The molecule has 2 N–H and O–H groups in total. The number of nitrogens with one attached hydrogen (secondary N) is 2. The topological polar surface area (TPSA) is 42.5 Å². The van der Waals surface area contributed by atoms with Crippen LogP contribution in [-0.2, 0) is 0 Å². The van der Waals surface area contributed by atoms with Gasteiger partial charge in [0.05, 0.1) is 14.2 Å². The van der Waals surface area contributed by atoms with Gasteiger partial charge in [-0.1, -0.05) is 12.1 Å². The van der Waals surface area contributed by atoms with Crippen molar-refractivity contribution in [1.82, 2.24) is 0 Å². The molecule has 0 fully saturated rings. The minimum atomic E-state index is 0.846. The number of benzene rings is 4. The van der Waals surface area contributed by atoms with Gasteiger partial charge in [-0.2, -0.15) is 0 Å². The zero-order valence-electron chi connectivity index (χ0n) is 15.9. The Morgan fingerprint density at radius 1 is 0.464 bits per heavy atom. The molecule has 4 rings (SSSR count). The van der Waals surface area contributed by atoms with E-state index in [9.17, 15) is 0 Å². The summed E-state index contributed by atoms with van der Waals surface area (Å²) >= 11 is 0. The van der Waals surface area contributed by atoms with Gasteiger partial charge >= 0.3 is 0 Å². The molecule has 0 unspecified atom stereocenters. The maximum atomic E-state index is 5.21. The van der Waals surface area contributed by atoms with Crippen LogP contribution in [0.5, 0.6) is 11.5 Å². The molecule has 0 amide bonds. The molecule has 0 aromatic heterocycles. The van der Waals surface area contributed by atoms with Crippen molar-refractivity contribution in [2.45, 2.75) is 0 Å². The van der Waals surface area contributed by atoms with Crippen molar-refractivity contribution in [3.8, 4) is 11.5 Å². The Hall–Kier alpha value is -3.66. The average molecular weight is 370 g/mol. The number of anilines is 4. The largest absolute Gasteiger partial charge is 0.497 e. The highest BCUT2D eigenvalue weighted by Gasteiger charge is 2.02. The fraction of sp³-hybridized carbons (Fsp3) is 0.0833. The van der Waals surface area contributed by atoms with E-state index in [4.69, 9.17) is 9.47 Å². The second-order valence-electron chi connectivity index (χ2n) is 6.48. The number of methoxy groups -OCH3 is 2. The van der Waals surface area contributed by atoms with Gasteiger partial charge in [0.1, 0.15) is 11.5 Å². The van der Waals surface area contributed by atoms with Gasteiger partial charge in [-0.15, -0.1) is 0 Å². The predicted octanol–water partition coefficient (Wildman–Crippen LogP) is 6.34. The Labute approximate surface area is 164 Å². The Bertz CT molecular complexity index is 990. The van der Waals surface area contributed by atoms with Gasteiger partial charge in [-0.05, 0) is 83.6 Å². The zero-order valence-corrected chi connectivity index (χ0v) is 15.9. The smallest absolute Gasteiger partial charge is 0.119 e. The quantitative estimate of drug-likeness (QED) is 0.415. The summed E-state index contributed by atoms with van der Waals surface area (Å²) in [4.78, 5) is 0. The van der Waals surface area contributed by atoms with Crippen LogP contribution < -0.4 is 20.1 Å². The molecule has 0 spiro atoms. The number of fused-ring (bicyclic) bond motifs is 1. The number of rotatable bonds is 6. The average Bonchev–Trinajstić information content (AvgIpc) is 2.74. The molecule has 0 aliphatic rings. The van der Waals surface area contributed by atoms with Crippen LogP contribution in [0.4, 0.5) is 22.7 Å². The highest BCUT2D eigenvalue weighted by atomic mass is 16.5. The Kier molecular flexibility index (Phi) is 5.02. The second kappa shape index (κ2) is 7.92. The third kappa shape index (κ3) is 4.01. The Balaban J connectivity index is 1.55. The maximum absolute atomic E-state index is 5.21. The summed E-state index contributed by atoms with van der Waals surface area (Å²) in [5.41, 5.74) is 4.12. The standard InChI is InChI=1S/C24H22N2O2/c1-27-23-11-7-19(8-12-23)25-21-5-3-17-4-6-22(16-18(17)15-21)26-20-9-13-24(28-2)14-10-20/h3-16,25-26H,1-2H3. The van der Waals surface area contributed by atoms with Gasteiger partial charge in [0.2, 0.25) is 0 Å².